The second-order valence-corrected chi connectivity index (χ2v) is 7.95. The minimum atomic E-state index is -0.213. The molecule has 3 aromatic heterocycles. The van der Waals surface area contributed by atoms with Crippen LogP contribution < -0.4 is 10.1 Å². The number of benzene rings is 2. The average molecular weight is 465 g/mol. The second kappa shape index (κ2) is 9.64. The van der Waals surface area contributed by atoms with Gasteiger partial charge < -0.3 is 10.1 Å². The molecule has 8 nitrogen and oxygen atoms in total. The fourth-order valence-corrected chi connectivity index (χ4v) is 3.82. The van der Waals surface area contributed by atoms with Crippen LogP contribution in [-0.4, -0.2) is 37.3 Å². The van der Waals surface area contributed by atoms with Crippen molar-refractivity contribution in [3.63, 3.8) is 0 Å². The molecule has 0 aliphatic heterocycles. The van der Waals surface area contributed by atoms with E-state index in [4.69, 9.17) is 9.84 Å². The van der Waals surface area contributed by atoms with E-state index in [9.17, 15) is 4.79 Å². The molecule has 8 heteroatoms. The molecule has 1 amide bonds. The lowest BCUT2D eigenvalue weighted by Crippen LogP contribution is -2.23. The molecule has 0 saturated heterocycles. The highest BCUT2D eigenvalue weighted by Gasteiger charge is 2.19. The van der Waals surface area contributed by atoms with E-state index < -0.39 is 0 Å². The van der Waals surface area contributed by atoms with Crippen LogP contribution in [0, 0.1) is 6.92 Å². The monoisotopic (exact) mass is 464 g/mol. The van der Waals surface area contributed by atoms with Crippen LogP contribution in [0.25, 0.3) is 22.8 Å². The molecule has 0 saturated carbocycles. The number of aryl methyl sites for hydroxylation is 1. The Hall–Kier alpha value is -4.72. The maximum Gasteiger partial charge on any atom is 0.255 e. The smallest absolute Gasteiger partial charge is 0.255 e. The Bertz CT molecular complexity index is 1450. The van der Waals surface area contributed by atoms with Crippen LogP contribution in [0.5, 0.6) is 5.75 Å². The van der Waals surface area contributed by atoms with E-state index in [0.29, 0.717) is 17.8 Å². The third-order valence-electron chi connectivity index (χ3n) is 5.68. The predicted molar refractivity (Wildman–Crippen MR) is 133 cm³/mol. The van der Waals surface area contributed by atoms with Crippen molar-refractivity contribution in [2.24, 2.45) is 0 Å². The van der Waals surface area contributed by atoms with E-state index >= 15 is 0 Å². The lowest BCUT2D eigenvalue weighted by atomic mass is 10.1. The van der Waals surface area contributed by atoms with Crippen molar-refractivity contribution in [2.75, 3.05) is 7.11 Å². The number of hydrogen-bond acceptors (Lipinski definition) is 5. The second-order valence-electron chi connectivity index (χ2n) is 7.95. The summed E-state index contributed by atoms with van der Waals surface area (Å²) in [6, 6.07) is 21.0. The van der Waals surface area contributed by atoms with Crippen LogP contribution >= 0.6 is 0 Å². The first kappa shape index (κ1) is 22.1. The highest BCUT2D eigenvalue weighted by Crippen LogP contribution is 2.26. The van der Waals surface area contributed by atoms with Gasteiger partial charge in [0.15, 0.2) is 0 Å². The lowest BCUT2D eigenvalue weighted by molar-refractivity contribution is 0.0951. The Morgan fingerprint density at radius 3 is 2.51 bits per heavy atom. The molecule has 3 heterocycles. The van der Waals surface area contributed by atoms with Crippen molar-refractivity contribution in [3.05, 3.63) is 108 Å². The van der Waals surface area contributed by atoms with Gasteiger partial charge in [-0.2, -0.15) is 5.10 Å². The number of imidazole rings is 1. The van der Waals surface area contributed by atoms with Crippen LogP contribution in [0.3, 0.4) is 0 Å². The third-order valence-corrected chi connectivity index (χ3v) is 5.68. The van der Waals surface area contributed by atoms with Gasteiger partial charge in [-0.3, -0.25) is 9.36 Å². The number of carbonyl (C=O) groups excluding carboxylic acids is 1. The number of para-hydroxylation sites is 1. The zero-order valence-electron chi connectivity index (χ0n) is 19.4. The summed E-state index contributed by atoms with van der Waals surface area (Å²) in [4.78, 5) is 22.0. The molecule has 5 aromatic rings. The zero-order valence-corrected chi connectivity index (χ0v) is 19.4. The summed E-state index contributed by atoms with van der Waals surface area (Å²) in [5.41, 5.74) is 3.71. The summed E-state index contributed by atoms with van der Waals surface area (Å²) in [6.07, 6.45) is 7.08. The van der Waals surface area contributed by atoms with Crippen LogP contribution in [0.4, 0.5) is 0 Å². The number of rotatable bonds is 7. The van der Waals surface area contributed by atoms with Gasteiger partial charge in [-0.15, -0.1) is 0 Å². The number of pyridine rings is 1. The first-order valence-electron chi connectivity index (χ1n) is 11.2. The Morgan fingerprint density at radius 1 is 1.00 bits per heavy atom. The molecule has 1 N–H and O–H groups in total. The van der Waals surface area contributed by atoms with E-state index in [1.165, 1.54) is 0 Å². The first-order chi connectivity index (χ1) is 17.1. The van der Waals surface area contributed by atoms with E-state index in [2.05, 4.69) is 15.3 Å². The maximum atomic E-state index is 13.3. The summed E-state index contributed by atoms with van der Waals surface area (Å²) >= 11 is 0. The molecule has 0 aliphatic carbocycles. The molecule has 0 radical (unpaired) electrons. The van der Waals surface area contributed by atoms with E-state index in [-0.39, 0.29) is 5.91 Å². The van der Waals surface area contributed by atoms with Gasteiger partial charge in [-0.1, -0.05) is 18.2 Å². The van der Waals surface area contributed by atoms with Gasteiger partial charge in [-0.25, -0.2) is 14.6 Å². The molecule has 0 aliphatic rings. The summed E-state index contributed by atoms with van der Waals surface area (Å²) in [5, 5.41) is 7.76. The molecular weight excluding hydrogens is 440 g/mol. The molecule has 35 heavy (non-hydrogen) atoms. The van der Waals surface area contributed by atoms with Gasteiger partial charge in [0.2, 0.25) is 0 Å². The minimum absolute atomic E-state index is 0.213. The quantitative estimate of drug-likeness (QED) is 0.387. The molecule has 174 valence electrons. The van der Waals surface area contributed by atoms with Crippen LogP contribution in [0.1, 0.15) is 21.7 Å². The van der Waals surface area contributed by atoms with Gasteiger partial charge in [0.25, 0.3) is 5.91 Å². The zero-order chi connectivity index (χ0) is 24.2. The van der Waals surface area contributed by atoms with Gasteiger partial charge in [0.1, 0.15) is 23.1 Å². The topological polar surface area (TPSA) is 86.9 Å². The fraction of sp³-hybridized carbons (Fsp3) is 0.111. The summed E-state index contributed by atoms with van der Waals surface area (Å²) < 4.78 is 8.90. The van der Waals surface area contributed by atoms with Crippen molar-refractivity contribution in [2.45, 2.75) is 13.5 Å². The maximum absolute atomic E-state index is 13.3. The molecule has 0 atom stereocenters. The number of nitrogens with zero attached hydrogens (tertiary/aromatic N) is 5. The summed E-state index contributed by atoms with van der Waals surface area (Å²) in [7, 11) is 1.62. The Balaban J connectivity index is 1.42. The number of carbonyl (C=O) groups is 1. The largest absolute Gasteiger partial charge is 0.497 e. The van der Waals surface area contributed by atoms with Gasteiger partial charge in [-0.05, 0) is 61.0 Å². The van der Waals surface area contributed by atoms with E-state index in [1.54, 1.807) is 30.4 Å². The van der Waals surface area contributed by atoms with Crippen LogP contribution in [0.15, 0.2) is 91.5 Å². The SMILES string of the molecule is COc1ccc(-c2nn(-c3ccccc3)cc2C(=O)NCc2ccnc(-n3ccnc3C)c2)cc1. The lowest BCUT2D eigenvalue weighted by Gasteiger charge is -2.09. The van der Waals surface area contributed by atoms with Crippen molar-refractivity contribution >= 4 is 5.91 Å². The Kier molecular flexibility index (Phi) is 6.09. The van der Waals surface area contributed by atoms with Gasteiger partial charge >= 0.3 is 0 Å². The van der Waals surface area contributed by atoms with E-state index in [0.717, 1.165) is 34.2 Å². The van der Waals surface area contributed by atoms with Crippen molar-refractivity contribution < 1.29 is 9.53 Å². The fourth-order valence-electron chi connectivity index (χ4n) is 3.82. The van der Waals surface area contributed by atoms with Crippen molar-refractivity contribution in [1.82, 2.24) is 29.6 Å². The molecule has 0 bridgehead atoms. The number of ether oxygens (including phenoxy) is 1. The summed E-state index contributed by atoms with van der Waals surface area (Å²) in [5.74, 6) is 2.12. The summed E-state index contributed by atoms with van der Waals surface area (Å²) in [6.45, 7) is 2.27. The highest BCUT2D eigenvalue weighted by atomic mass is 16.5. The van der Waals surface area contributed by atoms with Crippen LogP contribution in [0.2, 0.25) is 0 Å². The number of hydrogen-bond donors (Lipinski definition) is 1. The number of aromatic nitrogens is 5. The Labute approximate surface area is 202 Å². The van der Waals surface area contributed by atoms with Gasteiger partial charge in [0, 0.05) is 36.9 Å². The minimum Gasteiger partial charge on any atom is -0.497 e. The predicted octanol–water partition coefficient (Wildman–Crippen LogP) is 4.37. The first-order valence-corrected chi connectivity index (χ1v) is 11.2. The number of methoxy groups -OCH3 is 1. The van der Waals surface area contributed by atoms with E-state index in [1.807, 2.05) is 84.4 Å². The molecule has 5 rings (SSSR count). The van der Waals surface area contributed by atoms with Gasteiger partial charge in [0.05, 0.1) is 18.4 Å². The van der Waals surface area contributed by atoms with Crippen molar-refractivity contribution in [1.29, 1.82) is 0 Å². The normalized spacial score (nSPS) is 10.8. The number of nitrogens with one attached hydrogen (secondary N) is 1. The van der Waals surface area contributed by atoms with Crippen LogP contribution in [-0.2, 0) is 6.54 Å². The standard InChI is InChI=1S/C27H24N6O2/c1-19-28-14-15-32(19)25-16-20(12-13-29-25)17-30-27(34)24-18-33(22-6-4-3-5-7-22)31-26(24)21-8-10-23(35-2)11-9-21/h3-16,18H,17H2,1-2H3,(H,30,34). The molecular formula is C27H24N6O2. The van der Waals surface area contributed by atoms with Crippen molar-refractivity contribution in [3.8, 4) is 28.5 Å². The molecule has 0 fully saturated rings. The molecule has 0 unspecified atom stereocenters. The number of amides is 1. The molecule has 2 aromatic carbocycles. The third kappa shape index (κ3) is 4.67. The molecule has 0 spiro atoms. The highest BCUT2D eigenvalue weighted by molar-refractivity contribution is 5.99. The Morgan fingerprint density at radius 2 is 1.80 bits per heavy atom. The average Bonchev–Trinajstić information content (AvgIpc) is 3.55.